The Morgan fingerprint density at radius 1 is 1.44 bits per heavy atom. The lowest BCUT2D eigenvalue weighted by atomic mass is 10.0. The Labute approximate surface area is 109 Å². The van der Waals surface area contributed by atoms with Gasteiger partial charge in [-0.3, -0.25) is 4.99 Å². The Kier molecular flexibility index (Phi) is 3.51. The van der Waals surface area contributed by atoms with Gasteiger partial charge in [0.2, 0.25) is 10.0 Å². The van der Waals surface area contributed by atoms with Crippen LogP contribution in [-0.4, -0.2) is 44.5 Å². The zero-order valence-corrected chi connectivity index (χ0v) is 12.2. The van der Waals surface area contributed by atoms with Crippen molar-refractivity contribution in [1.29, 1.82) is 0 Å². The molecule has 2 aliphatic heterocycles. The molecule has 2 rings (SSSR count). The van der Waals surface area contributed by atoms with Crippen LogP contribution in [0.25, 0.3) is 0 Å². The summed E-state index contributed by atoms with van der Waals surface area (Å²) in [7, 11) is -3.10. The molecule has 2 heterocycles. The van der Waals surface area contributed by atoms with Gasteiger partial charge in [-0.2, -0.15) is 0 Å². The molecule has 0 aromatic heterocycles. The van der Waals surface area contributed by atoms with E-state index in [1.165, 1.54) is 17.5 Å². The van der Waals surface area contributed by atoms with Gasteiger partial charge in [0, 0.05) is 18.8 Å². The summed E-state index contributed by atoms with van der Waals surface area (Å²) in [6, 6.07) is 0.248. The molecule has 0 radical (unpaired) electrons. The van der Waals surface area contributed by atoms with Crippen molar-refractivity contribution >= 4 is 15.9 Å². The summed E-state index contributed by atoms with van der Waals surface area (Å²) >= 11 is 0. The van der Waals surface area contributed by atoms with E-state index in [0.29, 0.717) is 12.5 Å². The van der Waals surface area contributed by atoms with Crippen LogP contribution in [0.1, 0.15) is 27.2 Å². The van der Waals surface area contributed by atoms with Crippen LogP contribution in [0.2, 0.25) is 0 Å². The molecule has 102 valence electrons. The van der Waals surface area contributed by atoms with Gasteiger partial charge in [-0.25, -0.2) is 13.1 Å². The molecular formula is C12H21N3O2S. The third kappa shape index (κ3) is 2.75. The maximum atomic E-state index is 11.1. The summed E-state index contributed by atoms with van der Waals surface area (Å²) in [5.41, 5.74) is 2.64. The van der Waals surface area contributed by atoms with Gasteiger partial charge in [0.1, 0.15) is 5.84 Å². The monoisotopic (exact) mass is 271 g/mol. The fourth-order valence-corrected chi connectivity index (χ4v) is 3.15. The maximum absolute atomic E-state index is 11.1. The third-order valence-electron chi connectivity index (χ3n) is 3.74. The van der Waals surface area contributed by atoms with Crippen LogP contribution in [-0.2, 0) is 10.0 Å². The smallest absolute Gasteiger partial charge is 0.208 e. The first-order chi connectivity index (χ1) is 8.28. The quantitative estimate of drug-likeness (QED) is 0.831. The van der Waals surface area contributed by atoms with E-state index >= 15 is 0 Å². The van der Waals surface area contributed by atoms with Crippen LogP contribution in [0.15, 0.2) is 16.3 Å². The first kappa shape index (κ1) is 13.5. The van der Waals surface area contributed by atoms with Crippen LogP contribution < -0.4 is 4.72 Å². The van der Waals surface area contributed by atoms with Gasteiger partial charge in [-0.1, -0.05) is 0 Å². The lowest BCUT2D eigenvalue weighted by Gasteiger charge is -2.28. The first-order valence-electron chi connectivity index (χ1n) is 6.24. The van der Waals surface area contributed by atoms with Gasteiger partial charge < -0.3 is 4.90 Å². The molecule has 18 heavy (non-hydrogen) atoms. The highest BCUT2D eigenvalue weighted by atomic mass is 32.2. The lowest BCUT2D eigenvalue weighted by molar-refractivity contribution is 0.480. The number of fused-ring (bicyclic) bond motifs is 1. The first-order valence-corrected chi connectivity index (χ1v) is 8.13. The number of nitrogens with one attached hydrogen (secondary N) is 1. The second-order valence-corrected chi connectivity index (χ2v) is 7.12. The number of hydrogen-bond donors (Lipinski definition) is 1. The number of allylic oxidation sites excluding steroid dienone is 1. The molecule has 2 atom stereocenters. The van der Waals surface area contributed by atoms with Gasteiger partial charge >= 0.3 is 0 Å². The molecule has 6 heteroatoms. The highest BCUT2D eigenvalue weighted by Crippen LogP contribution is 2.33. The van der Waals surface area contributed by atoms with Crippen molar-refractivity contribution in [1.82, 2.24) is 9.62 Å². The van der Waals surface area contributed by atoms with Gasteiger partial charge in [0.15, 0.2) is 0 Å². The number of amidine groups is 1. The standard InChI is InChI=1S/C12H21N3O2S/c1-8-9(2)14-10(3)15-7-11(5-12(8)15)6-13-18(4,16)17/h9,11,13H,5-7H2,1-4H3. The van der Waals surface area contributed by atoms with E-state index in [4.69, 9.17) is 0 Å². The largest absolute Gasteiger partial charge is 0.334 e. The van der Waals surface area contributed by atoms with Crippen LogP contribution in [0.5, 0.6) is 0 Å². The second kappa shape index (κ2) is 4.66. The van der Waals surface area contributed by atoms with E-state index in [1.54, 1.807) is 0 Å². The predicted octanol–water partition coefficient (Wildman–Crippen LogP) is 0.952. The normalized spacial score (nSPS) is 28.4. The van der Waals surface area contributed by atoms with Crippen molar-refractivity contribution in [3.8, 4) is 0 Å². The Balaban J connectivity index is 2.09. The summed E-state index contributed by atoms with van der Waals surface area (Å²) in [5.74, 6) is 1.38. The summed E-state index contributed by atoms with van der Waals surface area (Å²) < 4.78 is 24.8. The predicted molar refractivity (Wildman–Crippen MR) is 72.9 cm³/mol. The van der Waals surface area contributed by atoms with Crippen LogP contribution in [0.3, 0.4) is 0 Å². The fraction of sp³-hybridized carbons (Fsp3) is 0.750. The Morgan fingerprint density at radius 3 is 2.72 bits per heavy atom. The highest BCUT2D eigenvalue weighted by molar-refractivity contribution is 7.88. The summed E-state index contributed by atoms with van der Waals surface area (Å²) in [6.45, 7) is 7.61. The molecule has 0 aliphatic carbocycles. The Bertz CT molecular complexity index is 507. The minimum Gasteiger partial charge on any atom is -0.334 e. The topological polar surface area (TPSA) is 61.8 Å². The van der Waals surface area contributed by atoms with Crippen molar-refractivity contribution in [2.75, 3.05) is 19.3 Å². The Morgan fingerprint density at radius 2 is 2.11 bits per heavy atom. The molecule has 0 aromatic carbocycles. The zero-order chi connectivity index (χ0) is 13.5. The molecule has 2 aliphatic rings. The van der Waals surface area contributed by atoms with Crippen molar-refractivity contribution < 1.29 is 8.42 Å². The van der Waals surface area contributed by atoms with Crippen LogP contribution in [0, 0.1) is 5.92 Å². The van der Waals surface area contributed by atoms with E-state index in [1.807, 2.05) is 6.92 Å². The van der Waals surface area contributed by atoms with Gasteiger partial charge in [-0.05, 0) is 38.7 Å². The van der Waals surface area contributed by atoms with Crippen LogP contribution >= 0.6 is 0 Å². The molecule has 0 amide bonds. The van der Waals surface area contributed by atoms with Gasteiger partial charge in [0.05, 0.1) is 12.3 Å². The second-order valence-electron chi connectivity index (χ2n) is 5.28. The average Bonchev–Trinajstić information content (AvgIpc) is 2.67. The van der Waals surface area contributed by atoms with Crippen molar-refractivity contribution in [2.24, 2.45) is 10.9 Å². The Hall–Kier alpha value is -0.880. The molecule has 1 saturated heterocycles. The maximum Gasteiger partial charge on any atom is 0.208 e. The fourth-order valence-electron chi connectivity index (χ4n) is 2.61. The number of hydrogen-bond acceptors (Lipinski definition) is 4. The highest BCUT2D eigenvalue weighted by Gasteiger charge is 2.33. The van der Waals surface area contributed by atoms with E-state index in [0.717, 1.165) is 18.8 Å². The third-order valence-corrected chi connectivity index (χ3v) is 4.43. The van der Waals surface area contributed by atoms with Crippen molar-refractivity contribution in [3.05, 3.63) is 11.3 Å². The molecule has 0 saturated carbocycles. The molecular weight excluding hydrogens is 250 g/mol. The van der Waals surface area contributed by atoms with E-state index in [9.17, 15) is 8.42 Å². The van der Waals surface area contributed by atoms with Crippen LogP contribution in [0.4, 0.5) is 0 Å². The van der Waals surface area contributed by atoms with E-state index in [-0.39, 0.29) is 6.04 Å². The molecule has 1 N–H and O–H groups in total. The molecule has 5 nitrogen and oxygen atoms in total. The molecule has 0 bridgehead atoms. The minimum absolute atomic E-state index is 0.248. The summed E-state index contributed by atoms with van der Waals surface area (Å²) in [4.78, 5) is 6.82. The number of sulfonamides is 1. The molecule has 1 fully saturated rings. The van der Waals surface area contributed by atoms with E-state index in [2.05, 4.69) is 28.5 Å². The SMILES string of the molecule is CC1=NC(C)C(C)=C2CC(CNS(C)(=O)=O)CN12. The van der Waals surface area contributed by atoms with Gasteiger partial charge in [-0.15, -0.1) is 0 Å². The lowest BCUT2D eigenvalue weighted by Crippen LogP contribution is -2.33. The molecule has 0 spiro atoms. The number of aliphatic imine (C=N–C) groups is 1. The molecule has 2 unspecified atom stereocenters. The van der Waals surface area contributed by atoms with Crippen molar-refractivity contribution in [2.45, 2.75) is 33.2 Å². The minimum atomic E-state index is -3.10. The van der Waals surface area contributed by atoms with E-state index < -0.39 is 10.0 Å². The van der Waals surface area contributed by atoms with Crippen molar-refractivity contribution in [3.63, 3.8) is 0 Å². The zero-order valence-electron chi connectivity index (χ0n) is 11.4. The number of rotatable bonds is 3. The molecule has 0 aromatic rings. The van der Waals surface area contributed by atoms with Gasteiger partial charge in [0.25, 0.3) is 0 Å². The summed E-state index contributed by atoms with van der Waals surface area (Å²) in [6.07, 6.45) is 2.14. The average molecular weight is 271 g/mol. The number of nitrogens with zero attached hydrogens (tertiary/aromatic N) is 2. The summed E-state index contributed by atoms with van der Waals surface area (Å²) in [5, 5.41) is 0.